The van der Waals surface area contributed by atoms with Crippen LogP contribution in [-0.2, 0) is 17.9 Å². The quantitative estimate of drug-likeness (QED) is 0.868. The summed E-state index contributed by atoms with van der Waals surface area (Å²) < 4.78 is 5.72. The van der Waals surface area contributed by atoms with Crippen molar-refractivity contribution in [3.63, 3.8) is 0 Å². The maximum atomic E-state index is 11.2. The van der Waals surface area contributed by atoms with Crippen LogP contribution in [0.5, 0.6) is 5.75 Å². The predicted molar refractivity (Wildman–Crippen MR) is 93.1 cm³/mol. The standard InChI is InChI=1S/C18H22N2O3S/c1-13-7-8-14(18(21)22)9-20(13)10-15-12-24-17(19-15)11-23-16-5-3-2-4-6-16/h2-6,12-14H,7-11H2,1H3,(H,21,22). The number of piperidine rings is 1. The molecule has 1 aliphatic rings. The topological polar surface area (TPSA) is 62.7 Å². The normalized spacial score (nSPS) is 21.5. The summed E-state index contributed by atoms with van der Waals surface area (Å²) in [6.45, 7) is 3.92. The van der Waals surface area contributed by atoms with Crippen LogP contribution in [0.4, 0.5) is 0 Å². The lowest BCUT2D eigenvalue weighted by atomic mass is 9.93. The largest absolute Gasteiger partial charge is 0.486 e. The third-order valence-electron chi connectivity index (χ3n) is 4.43. The smallest absolute Gasteiger partial charge is 0.307 e. The van der Waals surface area contributed by atoms with Crippen LogP contribution in [0.25, 0.3) is 0 Å². The first-order valence-corrected chi connectivity index (χ1v) is 9.08. The van der Waals surface area contributed by atoms with Crippen molar-refractivity contribution in [1.82, 2.24) is 9.88 Å². The summed E-state index contributed by atoms with van der Waals surface area (Å²) in [7, 11) is 0. The number of likely N-dealkylation sites (tertiary alicyclic amines) is 1. The minimum Gasteiger partial charge on any atom is -0.486 e. The van der Waals surface area contributed by atoms with Crippen molar-refractivity contribution in [3.05, 3.63) is 46.4 Å². The molecule has 1 saturated heterocycles. The summed E-state index contributed by atoms with van der Waals surface area (Å²) in [4.78, 5) is 18.1. The molecule has 1 N–H and O–H groups in total. The Morgan fingerprint density at radius 3 is 2.92 bits per heavy atom. The van der Waals surface area contributed by atoms with E-state index in [1.165, 1.54) is 0 Å². The zero-order valence-corrected chi connectivity index (χ0v) is 14.5. The molecule has 1 aromatic heterocycles. The molecule has 1 fully saturated rings. The van der Waals surface area contributed by atoms with Crippen LogP contribution in [0.3, 0.4) is 0 Å². The van der Waals surface area contributed by atoms with Crippen LogP contribution in [0.1, 0.15) is 30.5 Å². The van der Waals surface area contributed by atoms with Gasteiger partial charge in [-0.1, -0.05) is 18.2 Å². The molecule has 2 aromatic rings. The van der Waals surface area contributed by atoms with Gasteiger partial charge < -0.3 is 9.84 Å². The summed E-state index contributed by atoms with van der Waals surface area (Å²) in [5.41, 5.74) is 0.990. The fourth-order valence-electron chi connectivity index (χ4n) is 2.96. The lowest BCUT2D eigenvalue weighted by Gasteiger charge is -2.35. The highest BCUT2D eigenvalue weighted by atomic mass is 32.1. The fourth-order valence-corrected chi connectivity index (χ4v) is 3.66. The second-order valence-electron chi connectivity index (χ2n) is 6.23. The second kappa shape index (κ2) is 7.77. The molecule has 6 heteroatoms. The predicted octanol–water partition coefficient (Wildman–Crippen LogP) is 3.41. The van der Waals surface area contributed by atoms with Crippen molar-refractivity contribution < 1.29 is 14.6 Å². The van der Waals surface area contributed by atoms with Crippen LogP contribution in [-0.4, -0.2) is 33.5 Å². The molecule has 0 radical (unpaired) electrons. The molecule has 24 heavy (non-hydrogen) atoms. The molecule has 0 bridgehead atoms. The van der Waals surface area contributed by atoms with Crippen LogP contribution >= 0.6 is 11.3 Å². The van der Waals surface area contributed by atoms with E-state index in [1.807, 2.05) is 35.7 Å². The molecule has 0 saturated carbocycles. The maximum Gasteiger partial charge on any atom is 0.307 e. The SMILES string of the molecule is CC1CCC(C(=O)O)CN1Cc1csc(COc2ccccc2)n1. The number of hydrogen-bond acceptors (Lipinski definition) is 5. The molecular formula is C18H22N2O3S. The van der Waals surface area contributed by atoms with Crippen molar-refractivity contribution in [3.8, 4) is 5.75 Å². The van der Waals surface area contributed by atoms with E-state index in [1.54, 1.807) is 11.3 Å². The number of aliphatic carboxylic acids is 1. The van der Waals surface area contributed by atoms with Crippen LogP contribution in [0.2, 0.25) is 0 Å². The monoisotopic (exact) mass is 346 g/mol. The van der Waals surface area contributed by atoms with Gasteiger partial charge >= 0.3 is 5.97 Å². The number of thiazole rings is 1. The molecule has 3 rings (SSSR count). The number of carboxylic acid groups (broad SMARTS) is 1. The Morgan fingerprint density at radius 1 is 1.38 bits per heavy atom. The summed E-state index contributed by atoms with van der Waals surface area (Å²) in [6.07, 6.45) is 1.69. The van der Waals surface area contributed by atoms with Crippen molar-refractivity contribution in [1.29, 1.82) is 0 Å². The molecule has 0 amide bonds. The molecule has 0 aliphatic carbocycles. The number of benzene rings is 1. The van der Waals surface area contributed by atoms with E-state index in [2.05, 4.69) is 16.8 Å². The van der Waals surface area contributed by atoms with Gasteiger partial charge in [0.25, 0.3) is 0 Å². The van der Waals surface area contributed by atoms with E-state index in [9.17, 15) is 9.90 Å². The molecule has 128 valence electrons. The highest BCUT2D eigenvalue weighted by Gasteiger charge is 2.29. The highest BCUT2D eigenvalue weighted by molar-refractivity contribution is 7.09. The van der Waals surface area contributed by atoms with Crippen LogP contribution < -0.4 is 4.74 Å². The third kappa shape index (κ3) is 4.33. The number of carbonyl (C=O) groups is 1. The highest BCUT2D eigenvalue weighted by Crippen LogP contribution is 2.24. The van der Waals surface area contributed by atoms with Gasteiger partial charge in [0.1, 0.15) is 17.4 Å². The van der Waals surface area contributed by atoms with Crippen molar-refractivity contribution >= 4 is 17.3 Å². The number of nitrogens with zero attached hydrogens (tertiary/aromatic N) is 2. The summed E-state index contributed by atoms with van der Waals surface area (Å²) in [5, 5.41) is 12.2. The Labute approximate surface area is 145 Å². The molecule has 0 spiro atoms. The van der Waals surface area contributed by atoms with E-state index in [0.717, 1.165) is 29.3 Å². The number of rotatable bonds is 6. The third-order valence-corrected chi connectivity index (χ3v) is 5.30. The Bertz CT molecular complexity index is 674. The first kappa shape index (κ1) is 16.9. The van der Waals surface area contributed by atoms with Crippen molar-refractivity contribution in [2.45, 2.75) is 39.0 Å². The molecule has 1 aromatic carbocycles. The summed E-state index contributed by atoms with van der Waals surface area (Å²) in [6, 6.07) is 10.1. The zero-order valence-electron chi connectivity index (χ0n) is 13.7. The van der Waals surface area contributed by atoms with E-state index in [-0.39, 0.29) is 5.92 Å². The Kier molecular flexibility index (Phi) is 5.48. The van der Waals surface area contributed by atoms with Crippen molar-refractivity contribution in [2.24, 2.45) is 5.92 Å². The fraction of sp³-hybridized carbons (Fsp3) is 0.444. The van der Waals surface area contributed by atoms with Gasteiger partial charge in [-0.25, -0.2) is 4.98 Å². The van der Waals surface area contributed by atoms with Gasteiger partial charge in [-0.3, -0.25) is 9.69 Å². The molecule has 2 heterocycles. The molecule has 2 atom stereocenters. The van der Waals surface area contributed by atoms with Gasteiger partial charge in [0, 0.05) is 24.5 Å². The first-order valence-electron chi connectivity index (χ1n) is 8.20. The van der Waals surface area contributed by atoms with E-state index in [4.69, 9.17) is 4.74 Å². The average Bonchev–Trinajstić information content (AvgIpc) is 3.03. The lowest BCUT2D eigenvalue weighted by molar-refractivity contribution is -0.144. The van der Waals surface area contributed by atoms with E-state index >= 15 is 0 Å². The van der Waals surface area contributed by atoms with Gasteiger partial charge in [-0.15, -0.1) is 11.3 Å². The Morgan fingerprint density at radius 2 is 2.17 bits per heavy atom. The lowest BCUT2D eigenvalue weighted by Crippen LogP contribution is -2.43. The van der Waals surface area contributed by atoms with Crippen LogP contribution in [0, 0.1) is 5.92 Å². The minimum atomic E-state index is -0.692. The van der Waals surface area contributed by atoms with Gasteiger partial charge in [0.15, 0.2) is 0 Å². The average molecular weight is 346 g/mol. The minimum absolute atomic E-state index is 0.263. The number of ether oxygens (including phenoxy) is 1. The van der Waals surface area contributed by atoms with Gasteiger partial charge in [0.2, 0.25) is 0 Å². The molecule has 1 aliphatic heterocycles. The Hall–Kier alpha value is -1.92. The number of carboxylic acids is 1. The van der Waals surface area contributed by atoms with Gasteiger partial charge in [0.05, 0.1) is 11.6 Å². The first-order chi connectivity index (χ1) is 11.6. The molecule has 2 unspecified atom stereocenters. The molecular weight excluding hydrogens is 324 g/mol. The number of aromatic nitrogens is 1. The summed E-state index contributed by atoms with van der Waals surface area (Å²) in [5.74, 6) is -0.119. The number of para-hydroxylation sites is 1. The van der Waals surface area contributed by atoms with Crippen LogP contribution in [0.15, 0.2) is 35.7 Å². The number of hydrogen-bond donors (Lipinski definition) is 1. The van der Waals surface area contributed by atoms with Gasteiger partial charge in [-0.05, 0) is 31.9 Å². The van der Waals surface area contributed by atoms with E-state index < -0.39 is 5.97 Å². The maximum absolute atomic E-state index is 11.2. The zero-order chi connectivity index (χ0) is 16.9. The second-order valence-corrected chi connectivity index (χ2v) is 7.17. The molecule has 5 nitrogen and oxygen atoms in total. The van der Waals surface area contributed by atoms with E-state index in [0.29, 0.717) is 25.7 Å². The summed E-state index contributed by atoms with van der Waals surface area (Å²) >= 11 is 1.59. The Balaban J connectivity index is 1.56. The van der Waals surface area contributed by atoms with Gasteiger partial charge in [-0.2, -0.15) is 0 Å². The van der Waals surface area contributed by atoms with Crippen molar-refractivity contribution in [2.75, 3.05) is 6.54 Å².